The summed E-state index contributed by atoms with van der Waals surface area (Å²) in [6, 6.07) is 2.02. The molecule has 1 aromatic carbocycles. The van der Waals surface area contributed by atoms with Crippen molar-refractivity contribution in [3.05, 3.63) is 64.9 Å². The maximum absolute atomic E-state index is 13.6. The van der Waals surface area contributed by atoms with Crippen LogP contribution < -0.4 is 0 Å². The summed E-state index contributed by atoms with van der Waals surface area (Å²) in [5, 5.41) is 5.01. The molecule has 1 atom stereocenters. The van der Waals surface area contributed by atoms with Crippen molar-refractivity contribution in [1.29, 1.82) is 0 Å². The van der Waals surface area contributed by atoms with Crippen molar-refractivity contribution in [2.75, 3.05) is 6.67 Å². The van der Waals surface area contributed by atoms with E-state index < -0.39 is 17.5 Å². The fourth-order valence-corrected chi connectivity index (χ4v) is 3.38. The molecule has 9 heteroatoms. The predicted molar refractivity (Wildman–Crippen MR) is 89.9 cm³/mol. The van der Waals surface area contributed by atoms with E-state index in [4.69, 9.17) is 0 Å². The summed E-state index contributed by atoms with van der Waals surface area (Å²) in [6.07, 6.45) is 6.36. The predicted octanol–water partition coefficient (Wildman–Crippen LogP) is 3.91. The van der Waals surface area contributed by atoms with E-state index in [-0.39, 0.29) is 12.6 Å². The Morgan fingerprint density at radius 3 is 2.59 bits per heavy atom. The van der Waals surface area contributed by atoms with E-state index in [9.17, 15) is 17.7 Å². The molecule has 0 amide bonds. The van der Waals surface area contributed by atoms with Crippen LogP contribution in [0.15, 0.2) is 30.2 Å². The van der Waals surface area contributed by atoms with Crippen LogP contribution in [0.2, 0.25) is 0 Å². The molecule has 0 saturated carbocycles. The Kier molecular flexibility index (Phi) is 4.37. The van der Waals surface area contributed by atoms with E-state index in [1.54, 1.807) is 35.0 Å². The number of aryl methyl sites for hydroxylation is 1. The smallest absolute Gasteiger partial charge is 0.194 e. The fraction of sp³-hybridized carbons (Fsp3) is 0.333. The lowest BCUT2D eigenvalue weighted by Crippen LogP contribution is -2.18. The van der Waals surface area contributed by atoms with Gasteiger partial charge in [0.2, 0.25) is 0 Å². The Hall–Kier alpha value is -2.84. The Morgan fingerprint density at radius 2 is 1.93 bits per heavy atom. The molecule has 0 aliphatic carbocycles. The Morgan fingerprint density at radius 1 is 1.19 bits per heavy atom. The molecule has 0 fully saturated rings. The number of nitrogens with zero attached hydrogens (tertiary/aromatic N) is 5. The summed E-state index contributed by atoms with van der Waals surface area (Å²) in [5.74, 6) is -3.28. The van der Waals surface area contributed by atoms with E-state index in [0.29, 0.717) is 41.0 Å². The van der Waals surface area contributed by atoms with Crippen LogP contribution in [0.1, 0.15) is 42.9 Å². The van der Waals surface area contributed by atoms with Crippen LogP contribution in [0.4, 0.5) is 17.7 Å². The molecular formula is C18H17F4N5. The molecule has 27 heavy (non-hydrogen) atoms. The van der Waals surface area contributed by atoms with Crippen molar-refractivity contribution in [1.82, 2.24) is 24.8 Å². The molecule has 4 rings (SSSR count). The molecular weight excluding hydrogens is 362 g/mol. The Bertz CT molecular complexity index is 913. The number of hydrogen-bond acceptors (Lipinski definition) is 4. The molecule has 2 aliphatic rings. The molecule has 1 unspecified atom stereocenters. The van der Waals surface area contributed by atoms with Crippen molar-refractivity contribution in [3.63, 3.8) is 0 Å². The van der Waals surface area contributed by atoms with E-state index in [1.807, 2.05) is 0 Å². The highest BCUT2D eigenvalue weighted by Gasteiger charge is 2.27. The lowest BCUT2D eigenvalue weighted by atomic mass is 9.91. The number of rotatable bonds is 3. The van der Waals surface area contributed by atoms with Crippen molar-refractivity contribution in [2.24, 2.45) is 0 Å². The maximum atomic E-state index is 13.6. The van der Waals surface area contributed by atoms with Crippen LogP contribution in [0, 0.1) is 17.5 Å². The average molecular weight is 379 g/mol. The van der Waals surface area contributed by atoms with E-state index in [1.165, 1.54) is 0 Å². The summed E-state index contributed by atoms with van der Waals surface area (Å²) >= 11 is 0. The molecule has 1 aromatic heterocycles. The zero-order chi connectivity index (χ0) is 19.1. The van der Waals surface area contributed by atoms with Crippen LogP contribution in [-0.2, 0) is 6.54 Å². The highest BCUT2D eigenvalue weighted by Crippen LogP contribution is 2.33. The summed E-state index contributed by atoms with van der Waals surface area (Å²) in [4.78, 5) is 6.11. The lowest BCUT2D eigenvalue weighted by Gasteiger charge is -2.22. The minimum absolute atomic E-state index is 0.0899. The molecule has 0 radical (unpaired) electrons. The van der Waals surface area contributed by atoms with Gasteiger partial charge in [0.15, 0.2) is 23.3 Å². The van der Waals surface area contributed by atoms with Crippen molar-refractivity contribution < 1.29 is 17.7 Å². The second-order valence-corrected chi connectivity index (χ2v) is 6.65. The SMILES string of the molecule is CC1=CN(C=Cc2nc3n(n2)CCCC3c2cc(F)c(F)c(F)c2)CN1F. The number of halogens is 4. The molecule has 5 nitrogen and oxygen atoms in total. The van der Waals surface area contributed by atoms with Gasteiger partial charge in [-0.05, 0) is 37.5 Å². The van der Waals surface area contributed by atoms with Crippen LogP contribution in [0.5, 0.6) is 0 Å². The van der Waals surface area contributed by atoms with Gasteiger partial charge in [0, 0.05) is 30.9 Å². The summed E-state index contributed by atoms with van der Waals surface area (Å²) in [5.41, 5.74) is 0.832. The first kappa shape index (κ1) is 17.6. The standard InChI is InChI=1S/C18H17F4N5/c1-11-9-25(10-26(11)22)6-4-16-23-18-13(3-2-5-27(18)24-16)12-7-14(19)17(21)15(20)8-12/h4,6-9,13H,2-3,5,10H2,1H3. The van der Waals surface area contributed by atoms with Crippen LogP contribution >= 0.6 is 0 Å². The van der Waals surface area contributed by atoms with Gasteiger partial charge in [-0.1, -0.05) is 4.48 Å². The van der Waals surface area contributed by atoms with Gasteiger partial charge in [-0.3, -0.25) is 0 Å². The van der Waals surface area contributed by atoms with Crippen molar-refractivity contribution in [2.45, 2.75) is 32.2 Å². The van der Waals surface area contributed by atoms with Crippen LogP contribution in [0.25, 0.3) is 6.08 Å². The first-order chi connectivity index (χ1) is 12.9. The van der Waals surface area contributed by atoms with E-state index in [0.717, 1.165) is 18.6 Å². The van der Waals surface area contributed by atoms with Gasteiger partial charge in [-0.15, -0.1) is 0 Å². The molecule has 0 saturated heterocycles. The number of hydrogen-bond donors (Lipinski definition) is 0. The van der Waals surface area contributed by atoms with E-state index in [2.05, 4.69) is 10.1 Å². The molecule has 0 bridgehead atoms. The summed E-state index contributed by atoms with van der Waals surface area (Å²) in [6.45, 7) is 2.39. The molecule has 2 aromatic rings. The molecule has 142 valence electrons. The third kappa shape index (κ3) is 3.29. The third-order valence-electron chi connectivity index (χ3n) is 4.74. The normalized spacial score (nSPS) is 19.7. The van der Waals surface area contributed by atoms with Gasteiger partial charge in [0.25, 0.3) is 0 Å². The number of fused-ring (bicyclic) bond motifs is 1. The second-order valence-electron chi connectivity index (χ2n) is 6.65. The quantitative estimate of drug-likeness (QED) is 0.460. The fourth-order valence-electron chi connectivity index (χ4n) is 3.38. The molecule has 0 spiro atoms. The maximum Gasteiger partial charge on any atom is 0.194 e. The van der Waals surface area contributed by atoms with E-state index >= 15 is 0 Å². The van der Waals surface area contributed by atoms with Gasteiger partial charge >= 0.3 is 0 Å². The van der Waals surface area contributed by atoms with Crippen LogP contribution in [-0.4, -0.2) is 31.5 Å². The van der Waals surface area contributed by atoms with Gasteiger partial charge in [0.05, 0.1) is 5.70 Å². The van der Waals surface area contributed by atoms with Gasteiger partial charge in [-0.25, -0.2) is 22.8 Å². The Labute approximate surface area is 153 Å². The monoisotopic (exact) mass is 379 g/mol. The van der Waals surface area contributed by atoms with Gasteiger partial charge in [-0.2, -0.15) is 10.2 Å². The first-order valence-corrected chi connectivity index (χ1v) is 8.57. The second kappa shape index (κ2) is 6.71. The zero-order valence-corrected chi connectivity index (χ0v) is 14.5. The van der Waals surface area contributed by atoms with Gasteiger partial charge < -0.3 is 4.90 Å². The third-order valence-corrected chi connectivity index (χ3v) is 4.74. The lowest BCUT2D eigenvalue weighted by molar-refractivity contribution is 0.0591. The zero-order valence-electron chi connectivity index (χ0n) is 14.5. The largest absolute Gasteiger partial charge is 0.332 e. The number of aromatic nitrogens is 3. The van der Waals surface area contributed by atoms with Crippen molar-refractivity contribution >= 4 is 6.08 Å². The van der Waals surface area contributed by atoms with Crippen LogP contribution in [0.3, 0.4) is 0 Å². The Balaban J connectivity index is 1.61. The first-order valence-electron chi connectivity index (χ1n) is 8.57. The molecule has 2 aliphatic heterocycles. The minimum Gasteiger partial charge on any atom is -0.332 e. The summed E-state index contributed by atoms with van der Waals surface area (Å²) < 4.78 is 55.6. The average Bonchev–Trinajstić information content (AvgIpc) is 3.20. The summed E-state index contributed by atoms with van der Waals surface area (Å²) in [7, 11) is 0. The topological polar surface area (TPSA) is 37.2 Å². The molecule has 3 heterocycles. The number of allylic oxidation sites excluding steroid dienone is 1. The van der Waals surface area contributed by atoms with Gasteiger partial charge in [0.1, 0.15) is 12.5 Å². The van der Waals surface area contributed by atoms with Crippen molar-refractivity contribution in [3.8, 4) is 0 Å². The number of benzene rings is 1. The highest BCUT2D eigenvalue weighted by atomic mass is 19.2. The highest BCUT2D eigenvalue weighted by molar-refractivity contribution is 5.40. The molecule has 0 N–H and O–H groups in total. The minimum atomic E-state index is -1.48.